The van der Waals surface area contributed by atoms with Crippen LogP contribution in [0.3, 0.4) is 0 Å². The van der Waals surface area contributed by atoms with Crippen LogP contribution in [-0.2, 0) is 17.0 Å². The van der Waals surface area contributed by atoms with Gasteiger partial charge in [-0.15, -0.1) is 0 Å². The molecule has 0 bridgehead atoms. The number of nitrogen functional groups attached to an aromatic ring is 1. The third-order valence-corrected chi connectivity index (χ3v) is 4.12. The first-order valence-electron chi connectivity index (χ1n) is 5.44. The molecule has 100 valence electrons. The summed E-state index contributed by atoms with van der Waals surface area (Å²) in [5, 5.41) is 0. The second kappa shape index (κ2) is 4.79. The number of alkyl halides is 3. The summed E-state index contributed by atoms with van der Waals surface area (Å²) < 4.78 is 50.0. The van der Waals surface area contributed by atoms with E-state index in [1.165, 1.54) is 12.1 Å². The van der Waals surface area contributed by atoms with Gasteiger partial charge in [0.05, 0.1) is 5.56 Å². The van der Waals surface area contributed by atoms with E-state index in [1.54, 1.807) is 4.90 Å². The van der Waals surface area contributed by atoms with Gasteiger partial charge >= 0.3 is 6.18 Å². The Labute approximate surface area is 105 Å². The average Bonchev–Trinajstić information content (AvgIpc) is 2.29. The van der Waals surface area contributed by atoms with Crippen LogP contribution in [0.2, 0.25) is 0 Å². The number of hydrogen-bond donors (Lipinski definition) is 1. The lowest BCUT2D eigenvalue weighted by molar-refractivity contribution is -0.137. The van der Waals surface area contributed by atoms with Gasteiger partial charge in [0.15, 0.2) is 0 Å². The second-order valence-corrected chi connectivity index (χ2v) is 5.81. The van der Waals surface area contributed by atoms with Gasteiger partial charge in [-0.05, 0) is 18.2 Å². The molecule has 1 fully saturated rings. The molecule has 2 rings (SSSR count). The molecule has 1 aliphatic heterocycles. The molecule has 0 aliphatic carbocycles. The molecule has 0 spiro atoms. The molecule has 1 aromatic carbocycles. The lowest BCUT2D eigenvalue weighted by Gasteiger charge is -2.30. The third kappa shape index (κ3) is 2.77. The van der Waals surface area contributed by atoms with Crippen LogP contribution >= 0.6 is 0 Å². The Kier molecular flexibility index (Phi) is 3.52. The van der Waals surface area contributed by atoms with Crippen LogP contribution in [0.25, 0.3) is 0 Å². The first-order chi connectivity index (χ1) is 8.38. The van der Waals surface area contributed by atoms with Crippen molar-refractivity contribution < 1.29 is 17.4 Å². The SMILES string of the molecule is Nc1ccc(N2CCS(=O)CC2)c(C(F)(F)F)c1. The van der Waals surface area contributed by atoms with Gasteiger partial charge in [-0.1, -0.05) is 0 Å². The molecule has 1 heterocycles. The Balaban J connectivity index is 2.35. The van der Waals surface area contributed by atoms with Crippen molar-refractivity contribution in [3.8, 4) is 0 Å². The summed E-state index contributed by atoms with van der Waals surface area (Å²) >= 11 is 0. The molecule has 3 nitrogen and oxygen atoms in total. The Hall–Kier alpha value is -1.24. The van der Waals surface area contributed by atoms with E-state index in [0.717, 1.165) is 6.07 Å². The zero-order chi connectivity index (χ0) is 13.3. The van der Waals surface area contributed by atoms with Crippen molar-refractivity contribution in [1.29, 1.82) is 0 Å². The van der Waals surface area contributed by atoms with Crippen molar-refractivity contribution in [1.82, 2.24) is 0 Å². The maximum atomic E-state index is 12.9. The van der Waals surface area contributed by atoms with Crippen molar-refractivity contribution >= 4 is 22.2 Å². The topological polar surface area (TPSA) is 46.3 Å². The van der Waals surface area contributed by atoms with Crippen molar-refractivity contribution in [2.24, 2.45) is 0 Å². The van der Waals surface area contributed by atoms with E-state index in [2.05, 4.69) is 0 Å². The van der Waals surface area contributed by atoms with Crippen LogP contribution in [0.15, 0.2) is 18.2 Å². The smallest absolute Gasteiger partial charge is 0.399 e. The molecule has 0 unspecified atom stereocenters. The molecule has 1 saturated heterocycles. The Morgan fingerprint density at radius 2 is 1.83 bits per heavy atom. The number of hydrogen-bond acceptors (Lipinski definition) is 3. The van der Waals surface area contributed by atoms with Gasteiger partial charge in [-0.25, -0.2) is 0 Å². The molecule has 0 atom stereocenters. The van der Waals surface area contributed by atoms with Crippen molar-refractivity contribution in [3.63, 3.8) is 0 Å². The number of benzene rings is 1. The minimum atomic E-state index is -4.43. The van der Waals surface area contributed by atoms with Crippen molar-refractivity contribution in [2.75, 3.05) is 35.2 Å². The van der Waals surface area contributed by atoms with E-state index >= 15 is 0 Å². The van der Waals surface area contributed by atoms with Gasteiger partial charge < -0.3 is 10.6 Å². The average molecular weight is 278 g/mol. The van der Waals surface area contributed by atoms with E-state index in [0.29, 0.717) is 24.6 Å². The van der Waals surface area contributed by atoms with Crippen molar-refractivity contribution in [2.45, 2.75) is 6.18 Å². The summed E-state index contributed by atoms with van der Waals surface area (Å²) in [6, 6.07) is 3.78. The minimum absolute atomic E-state index is 0.0895. The molecule has 1 aliphatic rings. The monoisotopic (exact) mass is 278 g/mol. The molecule has 7 heteroatoms. The number of nitrogens with zero attached hydrogens (tertiary/aromatic N) is 1. The molecule has 0 radical (unpaired) electrons. The Bertz CT molecular complexity index is 466. The van der Waals surface area contributed by atoms with Crippen LogP contribution in [-0.4, -0.2) is 28.8 Å². The summed E-state index contributed by atoms with van der Waals surface area (Å²) in [5.41, 5.74) is 4.89. The fourth-order valence-corrected chi connectivity index (χ4v) is 2.99. The summed E-state index contributed by atoms with van der Waals surface area (Å²) in [4.78, 5) is 1.61. The predicted octanol–water partition coefficient (Wildman–Crippen LogP) is 1.86. The highest BCUT2D eigenvalue weighted by Crippen LogP contribution is 2.38. The lowest BCUT2D eigenvalue weighted by Crippen LogP contribution is -2.38. The van der Waals surface area contributed by atoms with Crippen LogP contribution in [0, 0.1) is 0 Å². The lowest BCUT2D eigenvalue weighted by atomic mass is 10.1. The highest BCUT2D eigenvalue weighted by atomic mass is 32.2. The van der Waals surface area contributed by atoms with Gasteiger partial charge in [-0.2, -0.15) is 13.2 Å². The van der Waals surface area contributed by atoms with E-state index in [1.807, 2.05) is 0 Å². The zero-order valence-electron chi connectivity index (χ0n) is 9.54. The van der Waals surface area contributed by atoms with Gasteiger partial charge in [0.25, 0.3) is 0 Å². The molecular weight excluding hydrogens is 265 g/mol. The first-order valence-corrected chi connectivity index (χ1v) is 6.93. The van der Waals surface area contributed by atoms with Gasteiger partial charge in [0.2, 0.25) is 0 Å². The van der Waals surface area contributed by atoms with Gasteiger partial charge in [-0.3, -0.25) is 4.21 Å². The largest absolute Gasteiger partial charge is 0.418 e. The quantitative estimate of drug-likeness (QED) is 0.798. The normalized spacial score (nSPS) is 18.1. The van der Waals surface area contributed by atoms with E-state index in [9.17, 15) is 17.4 Å². The fraction of sp³-hybridized carbons (Fsp3) is 0.455. The van der Waals surface area contributed by atoms with E-state index in [-0.39, 0.29) is 11.4 Å². The van der Waals surface area contributed by atoms with Crippen LogP contribution in [0.4, 0.5) is 24.5 Å². The molecule has 1 aromatic rings. The Morgan fingerprint density at radius 3 is 2.39 bits per heavy atom. The second-order valence-electron chi connectivity index (χ2n) is 4.11. The zero-order valence-corrected chi connectivity index (χ0v) is 10.4. The molecule has 0 saturated carbocycles. The van der Waals surface area contributed by atoms with Crippen molar-refractivity contribution in [3.05, 3.63) is 23.8 Å². The van der Waals surface area contributed by atoms with Crippen LogP contribution in [0.5, 0.6) is 0 Å². The van der Waals surface area contributed by atoms with Gasteiger partial charge in [0.1, 0.15) is 0 Å². The van der Waals surface area contributed by atoms with E-state index in [4.69, 9.17) is 5.73 Å². The molecule has 0 amide bonds. The van der Waals surface area contributed by atoms with E-state index < -0.39 is 22.5 Å². The minimum Gasteiger partial charge on any atom is -0.399 e. The predicted molar refractivity (Wildman–Crippen MR) is 65.9 cm³/mol. The molecule has 0 aromatic heterocycles. The molecule has 2 N–H and O–H groups in total. The first kappa shape index (κ1) is 13.2. The standard InChI is InChI=1S/C11H13F3N2OS/c12-11(13,14)9-7-8(15)1-2-10(9)16-3-5-18(17)6-4-16/h1-2,7H,3-6,15H2. The summed E-state index contributed by atoms with van der Waals surface area (Å²) in [7, 11) is -0.914. The summed E-state index contributed by atoms with van der Waals surface area (Å²) in [6.45, 7) is 0.749. The van der Waals surface area contributed by atoms with Gasteiger partial charge in [0, 0.05) is 46.8 Å². The summed E-state index contributed by atoms with van der Waals surface area (Å²) in [6.07, 6.45) is -4.43. The summed E-state index contributed by atoms with van der Waals surface area (Å²) in [5.74, 6) is 0.809. The highest BCUT2D eigenvalue weighted by molar-refractivity contribution is 7.85. The fourth-order valence-electron chi connectivity index (χ4n) is 1.94. The van der Waals surface area contributed by atoms with Crippen LogP contribution < -0.4 is 10.6 Å². The third-order valence-electron chi connectivity index (χ3n) is 2.84. The Morgan fingerprint density at radius 1 is 1.22 bits per heavy atom. The highest BCUT2D eigenvalue weighted by Gasteiger charge is 2.35. The molecular formula is C11H13F3N2OS. The number of rotatable bonds is 1. The number of anilines is 2. The molecule has 18 heavy (non-hydrogen) atoms. The number of nitrogens with two attached hydrogens (primary N) is 1. The number of halogens is 3. The maximum Gasteiger partial charge on any atom is 0.418 e. The van der Waals surface area contributed by atoms with Crippen LogP contribution in [0.1, 0.15) is 5.56 Å². The maximum absolute atomic E-state index is 12.9.